The van der Waals surface area contributed by atoms with Crippen LogP contribution in [0.15, 0.2) is 18.2 Å². The van der Waals surface area contributed by atoms with Crippen LogP contribution in [0, 0.1) is 5.82 Å². The van der Waals surface area contributed by atoms with Gasteiger partial charge in [0.1, 0.15) is 11.6 Å². The van der Waals surface area contributed by atoms with E-state index in [0.717, 1.165) is 5.56 Å². The van der Waals surface area contributed by atoms with E-state index >= 15 is 0 Å². The predicted octanol–water partition coefficient (Wildman–Crippen LogP) is 2.95. The minimum Gasteiger partial charge on any atom is -0.298 e. The number of ketones is 1. The Morgan fingerprint density at radius 1 is 1.57 bits per heavy atom. The Kier molecular flexibility index (Phi) is 4.42. The summed E-state index contributed by atoms with van der Waals surface area (Å²) in [7, 11) is 0. The van der Waals surface area contributed by atoms with Crippen molar-refractivity contribution in [1.82, 2.24) is 0 Å². The number of carbonyl (C=O) groups is 1. The summed E-state index contributed by atoms with van der Waals surface area (Å²) in [6.07, 6.45) is 2.19. The molecule has 1 nitrogen and oxygen atoms in total. The monoisotopic (exact) mass is 232 g/mol. The van der Waals surface area contributed by atoms with Crippen LogP contribution in [0.1, 0.15) is 5.56 Å². The highest BCUT2D eigenvalue weighted by molar-refractivity contribution is 7.99. The SMILES string of the molecule is CSCC(=O)Cc1ccc(F)c(Cl)c1. The summed E-state index contributed by atoms with van der Waals surface area (Å²) in [5.41, 5.74) is 0.760. The van der Waals surface area contributed by atoms with Gasteiger partial charge in [0.15, 0.2) is 0 Å². The van der Waals surface area contributed by atoms with E-state index in [-0.39, 0.29) is 10.8 Å². The second kappa shape index (κ2) is 5.37. The Labute approximate surface area is 91.6 Å². The van der Waals surface area contributed by atoms with Crippen molar-refractivity contribution in [2.24, 2.45) is 0 Å². The summed E-state index contributed by atoms with van der Waals surface area (Å²) >= 11 is 7.06. The zero-order valence-corrected chi connectivity index (χ0v) is 9.29. The number of thioether (sulfide) groups is 1. The molecule has 0 aliphatic rings. The van der Waals surface area contributed by atoms with Gasteiger partial charge in [0.25, 0.3) is 0 Å². The van der Waals surface area contributed by atoms with Crippen molar-refractivity contribution in [3.8, 4) is 0 Å². The van der Waals surface area contributed by atoms with Crippen LogP contribution in [0.2, 0.25) is 5.02 Å². The van der Waals surface area contributed by atoms with Gasteiger partial charge < -0.3 is 0 Å². The Bertz CT molecular complexity index is 341. The molecule has 0 fully saturated rings. The predicted molar refractivity (Wildman–Crippen MR) is 58.5 cm³/mol. The van der Waals surface area contributed by atoms with Gasteiger partial charge in [-0.1, -0.05) is 17.7 Å². The van der Waals surface area contributed by atoms with Crippen LogP contribution in [-0.4, -0.2) is 17.8 Å². The van der Waals surface area contributed by atoms with Gasteiger partial charge in [-0.2, -0.15) is 11.8 Å². The first kappa shape index (κ1) is 11.5. The topological polar surface area (TPSA) is 17.1 Å². The van der Waals surface area contributed by atoms with Gasteiger partial charge >= 0.3 is 0 Å². The third-order valence-electron chi connectivity index (χ3n) is 1.69. The summed E-state index contributed by atoms with van der Waals surface area (Å²) < 4.78 is 12.8. The molecule has 0 aromatic heterocycles. The van der Waals surface area contributed by atoms with Crippen LogP contribution >= 0.6 is 23.4 Å². The lowest BCUT2D eigenvalue weighted by molar-refractivity contribution is -0.115. The summed E-state index contributed by atoms with van der Waals surface area (Å²) in [4.78, 5) is 11.3. The molecule has 1 rings (SSSR count). The molecule has 0 aliphatic heterocycles. The molecule has 0 saturated carbocycles. The number of Topliss-reactive ketones (excluding diaryl/α,β-unsaturated/α-hetero) is 1. The zero-order chi connectivity index (χ0) is 10.6. The van der Waals surface area contributed by atoms with Crippen LogP contribution in [-0.2, 0) is 11.2 Å². The van der Waals surface area contributed by atoms with Gasteiger partial charge in [-0.15, -0.1) is 0 Å². The van der Waals surface area contributed by atoms with Gasteiger partial charge in [-0.05, 0) is 24.0 Å². The average Bonchev–Trinajstić information content (AvgIpc) is 2.12. The molecule has 0 aliphatic carbocycles. The van der Waals surface area contributed by atoms with Crippen molar-refractivity contribution in [2.75, 3.05) is 12.0 Å². The summed E-state index contributed by atoms with van der Waals surface area (Å²) in [5, 5.41) is 0.0689. The number of carbonyl (C=O) groups excluding carboxylic acids is 1. The van der Waals surface area contributed by atoms with Gasteiger partial charge in [-0.3, -0.25) is 4.79 Å². The van der Waals surface area contributed by atoms with Crippen LogP contribution < -0.4 is 0 Å². The first-order valence-electron chi connectivity index (χ1n) is 4.08. The van der Waals surface area contributed by atoms with Crippen LogP contribution in [0.25, 0.3) is 0 Å². The van der Waals surface area contributed by atoms with E-state index in [2.05, 4.69) is 0 Å². The van der Waals surface area contributed by atoms with Gasteiger partial charge in [0.05, 0.1) is 10.8 Å². The van der Waals surface area contributed by atoms with Crippen molar-refractivity contribution < 1.29 is 9.18 Å². The standard InChI is InChI=1S/C10H10ClFOS/c1-14-6-8(13)4-7-2-3-10(12)9(11)5-7/h2-3,5H,4,6H2,1H3. The maximum Gasteiger partial charge on any atom is 0.147 e. The zero-order valence-electron chi connectivity index (χ0n) is 7.72. The first-order valence-corrected chi connectivity index (χ1v) is 5.85. The van der Waals surface area contributed by atoms with Crippen molar-refractivity contribution in [2.45, 2.75) is 6.42 Å². The third kappa shape index (κ3) is 3.31. The Hall–Kier alpha value is -0.540. The summed E-state index contributed by atoms with van der Waals surface area (Å²) in [5.74, 6) is 0.155. The molecule has 0 unspecified atom stereocenters. The van der Waals surface area contributed by atoms with E-state index in [4.69, 9.17) is 11.6 Å². The second-order valence-electron chi connectivity index (χ2n) is 2.90. The molecule has 0 radical (unpaired) electrons. The fourth-order valence-electron chi connectivity index (χ4n) is 1.09. The quantitative estimate of drug-likeness (QED) is 0.794. The van der Waals surface area contributed by atoms with Gasteiger partial charge in [-0.25, -0.2) is 4.39 Å². The van der Waals surface area contributed by atoms with Crippen LogP contribution in [0.3, 0.4) is 0 Å². The van der Waals surface area contributed by atoms with Gasteiger partial charge in [0, 0.05) is 6.42 Å². The molecule has 0 heterocycles. The fourth-order valence-corrected chi connectivity index (χ4v) is 1.72. The molecule has 76 valence electrons. The maximum absolute atomic E-state index is 12.8. The highest BCUT2D eigenvalue weighted by Gasteiger charge is 2.05. The molecule has 0 bridgehead atoms. The molecule has 1 aromatic carbocycles. The molecule has 0 saturated heterocycles. The highest BCUT2D eigenvalue weighted by atomic mass is 35.5. The largest absolute Gasteiger partial charge is 0.298 e. The van der Waals surface area contributed by atoms with E-state index < -0.39 is 5.82 Å². The minimum atomic E-state index is -0.451. The number of benzene rings is 1. The molecule has 14 heavy (non-hydrogen) atoms. The molecular formula is C10H10ClFOS. The van der Waals surface area contributed by atoms with Crippen molar-refractivity contribution >= 4 is 29.1 Å². The number of rotatable bonds is 4. The Morgan fingerprint density at radius 2 is 2.29 bits per heavy atom. The molecule has 0 spiro atoms. The molecular weight excluding hydrogens is 223 g/mol. The Morgan fingerprint density at radius 3 is 2.86 bits per heavy atom. The van der Waals surface area contributed by atoms with Gasteiger partial charge in [0.2, 0.25) is 0 Å². The maximum atomic E-state index is 12.8. The molecule has 4 heteroatoms. The van der Waals surface area contributed by atoms with Crippen molar-refractivity contribution in [3.05, 3.63) is 34.6 Å². The summed E-state index contributed by atoms with van der Waals surface area (Å²) in [6.45, 7) is 0. The smallest absolute Gasteiger partial charge is 0.147 e. The normalized spacial score (nSPS) is 10.2. The van der Waals surface area contributed by atoms with Crippen molar-refractivity contribution in [3.63, 3.8) is 0 Å². The lowest BCUT2D eigenvalue weighted by Crippen LogP contribution is -2.05. The molecule has 0 N–H and O–H groups in total. The number of hydrogen-bond donors (Lipinski definition) is 0. The summed E-state index contributed by atoms with van der Waals surface area (Å²) in [6, 6.07) is 4.36. The van der Waals surface area contributed by atoms with E-state index in [1.165, 1.54) is 23.9 Å². The number of halogens is 2. The van der Waals surface area contributed by atoms with E-state index in [1.54, 1.807) is 6.07 Å². The lowest BCUT2D eigenvalue weighted by Gasteiger charge is -2.01. The molecule has 0 atom stereocenters. The minimum absolute atomic E-state index is 0.0689. The lowest BCUT2D eigenvalue weighted by atomic mass is 10.1. The van der Waals surface area contributed by atoms with Crippen molar-refractivity contribution in [1.29, 1.82) is 0 Å². The Balaban J connectivity index is 2.68. The molecule has 1 aromatic rings. The van der Waals surface area contributed by atoms with E-state index in [0.29, 0.717) is 12.2 Å². The average molecular weight is 233 g/mol. The first-order chi connectivity index (χ1) is 6.63. The fraction of sp³-hybridized carbons (Fsp3) is 0.300. The third-order valence-corrected chi connectivity index (χ3v) is 2.59. The highest BCUT2D eigenvalue weighted by Crippen LogP contribution is 2.16. The van der Waals surface area contributed by atoms with Crippen LogP contribution in [0.4, 0.5) is 4.39 Å². The number of hydrogen-bond acceptors (Lipinski definition) is 2. The van der Waals surface area contributed by atoms with E-state index in [1.807, 2.05) is 6.26 Å². The second-order valence-corrected chi connectivity index (χ2v) is 4.17. The van der Waals surface area contributed by atoms with E-state index in [9.17, 15) is 9.18 Å². The molecule has 0 amide bonds. The van der Waals surface area contributed by atoms with Crippen LogP contribution in [0.5, 0.6) is 0 Å².